The van der Waals surface area contributed by atoms with Crippen molar-refractivity contribution in [2.75, 3.05) is 0 Å². The zero-order valence-corrected chi connectivity index (χ0v) is 12.9. The van der Waals surface area contributed by atoms with Gasteiger partial charge in [-0.1, -0.05) is 33.1 Å². The number of hydrogen-bond donors (Lipinski definition) is 1. The molecule has 1 rings (SSSR count). The van der Waals surface area contributed by atoms with Crippen LogP contribution in [0.4, 0.5) is 0 Å². The Balaban J connectivity index is 2.59. The molecule has 0 heterocycles. The lowest BCUT2D eigenvalue weighted by Gasteiger charge is -2.36. The highest BCUT2D eigenvalue weighted by Gasteiger charge is 2.34. The van der Waals surface area contributed by atoms with E-state index in [1.54, 1.807) is 0 Å². The van der Waals surface area contributed by atoms with E-state index in [2.05, 4.69) is 18.6 Å². The second kappa shape index (κ2) is 6.44. The molecule has 0 bridgehead atoms. The van der Waals surface area contributed by atoms with Gasteiger partial charge in [-0.3, -0.25) is 0 Å². The SMILES string of the molecule is CC(C)[C@H](N[S+]([O-])C(C)(C)C)C1CCCCC1. The summed E-state index contributed by atoms with van der Waals surface area (Å²) in [6, 6.07) is 0.412. The summed E-state index contributed by atoms with van der Waals surface area (Å²) in [4.78, 5) is 0. The van der Waals surface area contributed by atoms with E-state index in [-0.39, 0.29) is 4.75 Å². The number of rotatable bonds is 4. The Morgan fingerprint density at radius 1 is 1.12 bits per heavy atom. The van der Waals surface area contributed by atoms with Crippen LogP contribution >= 0.6 is 0 Å². The maximum absolute atomic E-state index is 12.2. The van der Waals surface area contributed by atoms with Crippen molar-refractivity contribution in [1.82, 2.24) is 4.72 Å². The van der Waals surface area contributed by atoms with E-state index >= 15 is 0 Å². The average Bonchev–Trinajstić information content (AvgIpc) is 2.25. The fraction of sp³-hybridized carbons (Fsp3) is 1.00. The highest BCUT2D eigenvalue weighted by molar-refractivity contribution is 7.90. The molecule has 1 aliphatic rings. The van der Waals surface area contributed by atoms with Gasteiger partial charge in [0.15, 0.2) is 0 Å². The molecular formula is C14H29NOS. The van der Waals surface area contributed by atoms with Crippen LogP contribution < -0.4 is 4.72 Å². The van der Waals surface area contributed by atoms with Gasteiger partial charge in [-0.15, -0.1) is 4.72 Å². The summed E-state index contributed by atoms with van der Waals surface area (Å²) < 4.78 is 15.5. The van der Waals surface area contributed by atoms with Crippen molar-refractivity contribution < 1.29 is 4.55 Å². The normalized spacial score (nSPS) is 22.8. The van der Waals surface area contributed by atoms with Gasteiger partial charge in [-0.05, 0) is 45.4 Å². The molecule has 0 spiro atoms. The van der Waals surface area contributed by atoms with E-state index in [1.807, 2.05) is 20.8 Å². The molecule has 2 nitrogen and oxygen atoms in total. The van der Waals surface area contributed by atoms with Crippen LogP contribution in [-0.2, 0) is 11.4 Å². The quantitative estimate of drug-likeness (QED) is 0.782. The summed E-state index contributed by atoms with van der Waals surface area (Å²) in [6.45, 7) is 10.6. The first-order valence-electron chi connectivity index (χ1n) is 7.00. The molecule has 1 aliphatic carbocycles. The highest BCUT2D eigenvalue weighted by Crippen LogP contribution is 2.30. The third kappa shape index (κ3) is 4.80. The monoisotopic (exact) mass is 259 g/mol. The van der Waals surface area contributed by atoms with Gasteiger partial charge in [0.05, 0.1) is 6.04 Å². The molecule has 2 atom stereocenters. The fourth-order valence-electron chi connectivity index (χ4n) is 2.57. The second-order valence-corrected chi connectivity index (χ2v) is 8.66. The molecule has 102 valence electrons. The Labute approximate surface area is 110 Å². The third-order valence-electron chi connectivity index (χ3n) is 3.68. The first-order valence-corrected chi connectivity index (χ1v) is 8.15. The van der Waals surface area contributed by atoms with Crippen LogP contribution in [0.5, 0.6) is 0 Å². The topological polar surface area (TPSA) is 35.1 Å². The lowest BCUT2D eigenvalue weighted by Crippen LogP contribution is -2.50. The van der Waals surface area contributed by atoms with E-state index in [9.17, 15) is 4.55 Å². The molecule has 0 saturated heterocycles. The van der Waals surface area contributed by atoms with Crippen molar-refractivity contribution in [2.45, 2.75) is 77.5 Å². The Morgan fingerprint density at radius 2 is 1.65 bits per heavy atom. The molecule has 3 heteroatoms. The smallest absolute Gasteiger partial charge is 0.136 e. The molecule has 0 aromatic heterocycles. The molecular weight excluding hydrogens is 230 g/mol. The minimum atomic E-state index is -0.940. The minimum Gasteiger partial charge on any atom is -0.598 e. The predicted molar refractivity (Wildman–Crippen MR) is 76.2 cm³/mol. The molecule has 0 aromatic rings. The van der Waals surface area contributed by atoms with Crippen molar-refractivity contribution in [1.29, 1.82) is 0 Å². The summed E-state index contributed by atoms with van der Waals surface area (Å²) in [5, 5.41) is 0. The zero-order chi connectivity index (χ0) is 13.1. The van der Waals surface area contributed by atoms with Gasteiger partial charge < -0.3 is 4.55 Å². The summed E-state index contributed by atoms with van der Waals surface area (Å²) in [6.07, 6.45) is 6.67. The molecule has 0 aliphatic heterocycles. The standard InChI is InChI=1S/C14H29NOS/c1-11(2)13(12-9-7-6-8-10-12)15-17(16)14(3,4)5/h11-13,15H,6-10H2,1-5H3/t13-,17?/m0/s1. The van der Waals surface area contributed by atoms with Gasteiger partial charge in [0.1, 0.15) is 4.75 Å². The second-order valence-electron chi connectivity index (χ2n) is 6.67. The van der Waals surface area contributed by atoms with Crippen molar-refractivity contribution in [3.63, 3.8) is 0 Å². The first kappa shape index (κ1) is 15.3. The molecule has 17 heavy (non-hydrogen) atoms. The van der Waals surface area contributed by atoms with Crippen molar-refractivity contribution in [3.05, 3.63) is 0 Å². The van der Waals surface area contributed by atoms with Crippen LogP contribution in [0.15, 0.2) is 0 Å². The van der Waals surface area contributed by atoms with Crippen LogP contribution in [0.3, 0.4) is 0 Å². The van der Waals surface area contributed by atoms with Crippen molar-refractivity contribution >= 4 is 11.4 Å². The maximum atomic E-state index is 12.2. The molecule has 1 fully saturated rings. The zero-order valence-electron chi connectivity index (χ0n) is 12.1. The Morgan fingerprint density at radius 3 is 2.06 bits per heavy atom. The lowest BCUT2D eigenvalue weighted by atomic mass is 9.80. The number of nitrogens with one attached hydrogen (secondary N) is 1. The van der Waals surface area contributed by atoms with E-state index in [0.29, 0.717) is 12.0 Å². The summed E-state index contributed by atoms with van der Waals surface area (Å²) in [7, 11) is 0. The maximum Gasteiger partial charge on any atom is 0.136 e. The Kier molecular flexibility index (Phi) is 5.81. The Hall–Kier alpha value is 0.270. The molecule has 0 aromatic carbocycles. The predicted octanol–water partition coefficient (Wildman–Crippen LogP) is 3.64. The van der Waals surface area contributed by atoms with Gasteiger partial charge in [-0.2, -0.15) is 0 Å². The fourth-order valence-corrected chi connectivity index (χ4v) is 3.64. The molecule has 1 unspecified atom stereocenters. The largest absolute Gasteiger partial charge is 0.598 e. The Bertz CT molecular complexity index is 219. The third-order valence-corrected chi connectivity index (χ3v) is 5.27. The van der Waals surface area contributed by atoms with Crippen LogP contribution in [-0.4, -0.2) is 15.3 Å². The van der Waals surface area contributed by atoms with Gasteiger partial charge in [0.2, 0.25) is 0 Å². The molecule has 0 radical (unpaired) electrons. The average molecular weight is 259 g/mol. The van der Waals surface area contributed by atoms with E-state index in [1.165, 1.54) is 32.1 Å². The first-order chi connectivity index (χ1) is 7.82. The van der Waals surface area contributed by atoms with Gasteiger partial charge in [0.25, 0.3) is 0 Å². The van der Waals surface area contributed by atoms with Gasteiger partial charge >= 0.3 is 0 Å². The van der Waals surface area contributed by atoms with Crippen LogP contribution in [0, 0.1) is 11.8 Å². The van der Waals surface area contributed by atoms with E-state index < -0.39 is 11.4 Å². The van der Waals surface area contributed by atoms with Crippen LogP contribution in [0.2, 0.25) is 0 Å². The molecule has 1 saturated carbocycles. The van der Waals surface area contributed by atoms with Crippen molar-refractivity contribution in [2.24, 2.45) is 11.8 Å². The van der Waals surface area contributed by atoms with Crippen LogP contribution in [0.25, 0.3) is 0 Å². The van der Waals surface area contributed by atoms with Crippen LogP contribution in [0.1, 0.15) is 66.7 Å². The highest BCUT2D eigenvalue weighted by atomic mass is 32.2. The van der Waals surface area contributed by atoms with E-state index in [4.69, 9.17) is 0 Å². The molecule has 0 amide bonds. The lowest BCUT2D eigenvalue weighted by molar-refractivity contribution is 0.245. The minimum absolute atomic E-state index is 0.165. The van der Waals surface area contributed by atoms with Gasteiger partial charge in [-0.25, -0.2) is 0 Å². The summed E-state index contributed by atoms with van der Waals surface area (Å²) >= 11 is -0.940. The van der Waals surface area contributed by atoms with E-state index in [0.717, 1.165) is 5.92 Å². The summed E-state index contributed by atoms with van der Waals surface area (Å²) in [5.74, 6) is 1.28. The summed E-state index contributed by atoms with van der Waals surface area (Å²) in [5.41, 5.74) is 0. The van der Waals surface area contributed by atoms with Gasteiger partial charge in [0, 0.05) is 11.4 Å². The molecule has 1 N–H and O–H groups in total. The number of hydrogen-bond acceptors (Lipinski definition) is 2. The van der Waals surface area contributed by atoms with Crippen molar-refractivity contribution in [3.8, 4) is 0 Å².